The van der Waals surface area contributed by atoms with Crippen LogP contribution in [0.2, 0.25) is 0 Å². The number of benzene rings is 4. The Morgan fingerprint density at radius 1 is 0.609 bits per heavy atom. The van der Waals surface area contributed by atoms with Gasteiger partial charge in [0.25, 0.3) is 23.6 Å². The van der Waals surface area contributed by atoms with Crippen molar-refractivity contribution in [1.82, 2.24) is 70.5 Å². The van der Waals surface area contributed by atoms with Crippen molar-refractivity contribution >= 4 is 68.3 Å². The van der Waals surface area contributed by atoms with E-state index in [1.807, 2.05) is 78.9 Å². The van der Waals surface area contributed by atoms with Gasteiger partial charge in [-0.3, -0.25) is 9.36 Å². The van der Waals surface area contributed by atoms with E-state index in [9.17, 15) is 27.2 Å². The molecule has 0 spiro atoms. The number of alkyl halides is 4. The number of anilines is 4. The van der Waals surface area contributed by atoms with Crippen LogP contribution in [0.1, 0.15) is 24.6 Å². The Morgan fingerprint density at radius 3 is 1.54 bits per heavy atom. The maximum Gasteiger partial charge on any atom is 0.327 e. The van der Waals surface area contributed by atoms with E-state index in [4.69, 9.17) is 20.4 Å². The monoisotopic (exact) mass is 960 g/mol. The number of rotatable bonds is 10. The summed E-state index contributed by atoms with van der Waals surface area (Å²) in [7, 11) is 3.01. The van der Waals surface area contributed by atoms with Gasteiger partial charge < -0.3 is 35.1 Å². The Hall–Kier alpha value is -9.19. The van der Waals surface area contributed by atoms with E-state index in [1.165, 1.54) is 49.8 Å². The summed E-state index contributed by atoms with van der Waals surface area (Å²) in [5.41, 5.74) is 8.68. The molecule has 20 nitrogen and oxygen atoms in total. The smallest absolute Gasteiger partial charge is 0.327 e. The standard InChI is InChI=1S/C22H16F2N8O2.C20H13F2N7O.C2H4ClNO/c1-25-22(33)32-11-28-17-15(12-5-3-2-4-6-12)7-14(8-16(17)32)29-21-26-9-13(10-27-21)19-30-31-20(34-19)18(23)24;21-17(22)19-29-28-18(30-19)12-8-23-20(24-9-12)27-13-6-14(11-4-2-1-3-5-11)16-15(7-13)25-10-26-16;1-4-2(3)5/h2-11,18H,1H3,(H,25,33)(H,26,27,29);1-10,17H,(H,25,26)(H,23,24,27);1H3,(H,4,5). The number of fused-ring (bicyclic) bond motifs is 2. The lowest BCUT2D eigenvalue weighted by molar-refractivity contribution is 0.115. The molecule has 10 aromatic rings. The molecule has 2 amide bonds. The van der Waals surface area contributed by atoms with Crippen LogP contribution in [0.3, 0.4) is 0 Å². The molecular formula is C44H33ClF4N16O4. The third-order valence-electron chi connectivity index (χ3n) is 9.54. The lowest BCUT2D eigenvalue weighted by Gasteiger charge is -2.10. The molecular weight excluding hydrogens is 928 g/mol. The molecule has 0 fully saturated rings. The molecule has 348 valence electrons. The van der Waals surface area contributed by atoms with Crippen molar-refractivity contribution in [2.24, 2.45) is 0 Å². The second kappa shape index (κ2) is 21.0. The topological polar surface area (TPSA) is 258 Å². The summed E-state index contributed by atoms with van der Waals surface area (Å²) in [6.45, 7) is 0. The Morgan fingerprint density at radius 2 is 1.09 bits per heavy atom. The molecule has 0 atom stereocenters. The molecule has 0 radical (unpaired) electrons. The van der Waals surface area contributed by atoms with Gasteiger partial charge in [-0.2, -0.15) is 17.6 Å². The van der Waals surface area contributed by atoms with Gasteiger partial charge in [-0.15, -0.1) is 20.4 Å². The molecule has 69 heavy (non-hydrogen) atoms. The summed E-state index contributed by atoms with van der Waals surface area (Å²) in [4.78, 5) is 50.6. The highest BCUT2D eigenvalue weighted by atomic mass is 35.5. The van der Waals surface area contributed by atoms with Gasteiger partial charge >= 0.3 is 24.2 Å². The maximum atomic E-state index is 12.7. The van der Waals surface area contributed by atoms with Crippen molar-refractivity contribution < 1.29 is 36.0 Å². The minimum Gasteiger partial charge on any atom is -0.415 e. The lowest BCUT2D eigenvalue weighted by Crippen LogP contribution is -2.23. The molecule has 25 heteroatoms. The van der Waals surface area contributed by atoms with Gasteiger partial charge in [-0.05, 0) is 47.0 Å². The number of aromatic nitrogens is 12. The predicted octanol–water partition coefficient (Wildman–Crippen LogP) is 9.73. The van der Waals surface area contributed by atoms with Gasteiger partial charge in [-0.1, -0.05) is 60.7 Å². The first-order valence-corrected chi connectivity index (χ1v) is 20.5. The SMILES string of the molecule is CNC(=O)Cl.CNC(=O)n1cnc2c(-c3ccccc3)cc(Nc3ncc(-c4nnc(C(F)F)o4)cn3)cc21.FC(F)c1nnc(-c2cnc(Nc3cc(-c4ccccc4)c4nc[nH]c4c3)nc2)o1. The quantitative estimate of drug-likeness (QED) is 0.0485. The van der Waals surface area contributed by atoms with Crippen molar-refractivity contribution in [3.63, 3.8) is 0 Å². The van der Waals surface area contributed by atoms with Gasteiger partial charge in [0, 0.05) is 61.4 Å². The number of halogens is 5. The molecule has 0 bridgehead atoms. The Kier molecular flexibility index (Phi) is 14.1. The normalized spacial score (nSPS) is 10.9. The van der Waals surface area contributed by atoms with Crippen molar-refractivity contribution in [3.05, 3.63) is 134 Å². The number of hydrogen-bond acceptors (Lipinski definition) is 16. The van der Waals surface area contributed by atoms with E-state index in [2.05, 4.69) is 76.5 Å². The molecule has 6 aromatic heterocycles. The zero-order chi connectivity index (χ0) is 48.4. The molecule has 0 aliphatic carbocycles. The fraction of sp³-hybridized carbons (Fsp3) is 0.0909. The Bertz CT molecular complexity index is 3340. The van der Waals surface area contributed by atoms with Crippen molar-refractivity contribution in [2.45, 2.75) is 12.9 Å². The first kappa shape index (κ1) is 46.3. The predicted molar refractivity (Wildman–Crippen MR) is 244 cm³/mol. The molecule has 0 aliphatic rings. The van der Waals surface area contributed by atoms with Crippen LogP contribution < -0.4 is 21.3 Å². The van der Waals surface area contributed by atoms with E-state index < -0.39 is 30.0 Å². The van der Waals surface area contributed by atoms with E-state index >= 15 is 0 Å². The number of carbonyl (C=O) groups is 2. The van der Waals surface area contributed by atoms with E-state index in [0.29, 0.717) is 33.8 Å². The first-order chi connectivity index (χ1) is 33.5. The Balaban J connectivity index is 0.000000171. The van der Waals surface area contributed by atoms with Crippen LogP contribution in [-0.4, -0.2) is 85.3 Å². The molecule has 0 unspecified atom stereocenters. The first-order valence-electron chi connectivity index (χ1n) is 20.1. The second-order valence-electron chi connectivity index (χ2n) is 14.0. The maximum absolute atomic E-state index is 12.7. The number of amides is 2. The van der Waals surface area contributed by atoms with Crippen molar-refractivity contribution in [3.8, 4) is 45.2 Å². The second-order valence-corrected chi connectivity index (χ2v) is 14.3. The van der Waals surface area contributed by atoms with Crippen LogP contribution >= 0.6 is 11.6 Å². The number of nitrogens with one attached hydrogen (secondary N) is 5. The average molecular weight is 961 g/mol. The van der Waals surface area contributed by atoms with Gasteiger partial charge in [0.1, 0.15) is 6.33 Å². The summed E-state index contributed by atoms with van der Waals surface area (Å²) in [5, 5.41) is 24.2. The van der Waals surface area contributed by atoms with E-state index in [-0.39, 0.29) is 23.8 Å². The van der Waals surface area contributed by atoms with Gasteiger partial charge in [-0.25, -0.2) is 34.7 Å². The molecule has 4 aromatic carbocycles. The number of aromatic amines is 1. The van der Waals surface area contributed by atoms with Crippen molar-refractivity contribution in [2.75, 3.05) is 24.7 Å². The molecule has 0 saturated heterocycles. The highest BCUT2D eigenvalue weighted by Gasteiger charge is 2.20. The van der Waals surface area contributed by atoms with Crippen LogP contribution in [-0.2, 0) is 0 Å². The van der Waals surface area contributed by atoms with Gasteiger partial charge in [0.2, 0.25) is 11.9 Å². The zero-order valence-corrected chi connectivity index (χ0v) is 36.4. The largest absolute Gasteiger partial charge is 0.415 e. The number of nitrogens with zero attached hydrogens (tertiary/aromatic N) is 11. The third-order valence-corrected chi connectivity index (χ3v) is 9.73. The molecule has 0 saturated carbocycles. The highest BCUT2D eigenvalue weighted by Crippen LogP contribution is 2.34. The minimum atomic E-state index is -2.86. The van der Waals surface area contributed by atoms with Gasteiger partial charge in [0.05, 0.1) is 39.5 Å². The number of imidazole rings is 2. The van der Waals surface area contributed by atoms with Crippen molar-refractivity contribution in [1.29, 1.82) is 0 Å². The van der Waals surface area contributed by atoms with E-state index in [0.717, 1.165) is 39.0 Å². The number of carbonyl (C=O) groups excluding carboxylic acids is 2. The molecule has 0 aliphatic heterocycles. The summed E-state index contributed by atoms with van der Waals surface area (Å²) in [6.07, 6.45) is 3.01. The third kappa shape index (κ3) is 10.9. The van der Waals surface area contributed by atoms with Crippen LogP contribution in [0.25, 0.3) is 67.2 Å². The molecule has 5 N–H and O–H groups in total. The van der Waals surface area contributed by atoms with Gasteiger partial charge in [0.15, 0.2) is 0 Å². The summed E-state index contributed by atoms with van der Waals surface area (Å²) in [5.74, 6) is -1.13. The molecule has 6 heterocycles. The minimum absolute atomic E-state index is 0.0675. The fourth-order valence-electron chi connectivity index (χ4n) is 6.41. The zero-order valence-electron chi connectivity index (χ0n) is 35.6. The summed E-state index contributed by atoms with van der Waals surface area (Å²) < 4.78 is 61.8. The number of hydrogen-bond donors (Lipinski definition) is 5. The fourth-order valence-corrected chi connectivity index (χ4v) is 6.41. The number of H-pyrrole nitrogens is 1. The summed E-state index contributed by atoms with van der Waals surface area (Å²) in [6, 6.07) is 26.7. The summed E-state index contributed by atoms with van der Waals surface area (Å²) >= 11 is 4.71. The van der Waals surface area contributed by atoms with E-state index in [1.54, 1.807) is 12.4 Å². The van der Waals surface area contributed by atoms with Crippen LogP contribution in [0.15, 0.2) is 131 Å². The highest BCUT2D eigenvalue weighted by molar-refractivity contribution is 6.62. The lowest BCUT2D eigenvalue weighted by atomic mass is 10.0. The Labute approximate surface area is 390 Å². The van der Waals surface area contributed by atoms with Crippen LogP contribution in [0.5, 0.6) is 0 Å². The van der Waals surface area contributed by atoms with Crippen LogP contribution in [0, 0.1) is 0 Å². The average Bonchev–Trinajstić information content (AvgIpc) is 4.23. The molecule has 10 rings (SSSR count). The van der Waals surface area contributed by atoms with Crippen LogP contribution in [0.4, 0.5) is 50.4 Å².